The van der Waals surface area contributed by atoms with Gasteiger partial charge in [0.1, 0.15) is 6.04 Å². The van der Waals surface area contributed by atoms with Crippen molar-refractivity contribution in [3.05, 3.63) is 30.3 Å². The lowest BCUT2D eigenvalue weighted by Gasteiger charge is -2.23. The molecule has 2 rings (SSSR count). The molecule has 4 N–H and O–H groups in total. The molecule has 0 saturated heterocycles. The average Bonchev–Trinajstić information content (AvgIpc) is 3.19. The van der Waals surface area contributed by atoms with Gasteiger partial charge in [-0.15, -0.1) is 0 Å². The predicted molar refractivity (Wildman–Crippen MR) is 112 cm³/mol. The summed E-state index contributed by atoms with van der Waals surface area (Å²) in [5, 5.41) is 10.1. The van der Waals surface area contributed by atoms with Gasteiger partial charge in [0.05, 0.1) is 0 Å². The second kappa shape index (κ2) is 11.2. The molecule has 0 heterocycles. The summed E-state index contributed by atoms with van der Waals surface area (Å²) >= 11 is 0. The maximum Gasteiger partial charge on any atom is 0.329 e. The van der Waals surface area contributed by atoms with Crippen LogP contribution in [0.25, 0.3) is 0 Å². The fourth-order valence-electron chi connectivity index (χ4n) is 3.13. The Morgan fingerprint density at radius 1 is 0.967 bits per heavy atom. The first-order chi connectivity index (χ1) is 14.3. The Morgan fingerprint density at radius 3 is 2.20 bits per heavy atom. The molecular weight excluding hydrogens is 388 g/mol. The van der Waals surface area contributed by atoms with Crippen LogP contribution in [0.3, 0.4) is 0 Å². The highest BCUT2D eigenvalue weighted by molar-refractivity contribution is 5.98. The van der Waals surface area contributed by atoms with Crippen molar-refractivity contribution in [2.24, 2.45) is 5.92 Å². The second-order valence-electron chi connectivity index (χ2n) is 7.71. The molecule has 1 saturated carbocycles. The third kappa shape index (κ3) is 7.38. The Bertz CT molecular complexity index is 747. The van der Waals surface area contributed by atoms with Crippen molar-refractivity contribution in [3.8, 4) is 0 Å². The van der Waals surface area contributed by atoms with Crippen molar-refractivity contribution in [1.29, 1.82) is 0 Å². The van der Waals surface area contributed by atoms with Crippen molar-refractivity contribution < 1.29 is 23.9 Å². The summed E-state index contributed by atoms with van der Waals surface area (Å²) in [5.74, 6) is -1.76. The van der Waals surface area contributed by atoms with Crippen LogP contribution in [0.15, 0.2) is 30.3 Å². The SMILES string of the molecule is CC(C)[C@@H](NC(=O)Nc1ccccc1)C(=O)O[C@@H](C)C(=O)NC(=O)NC1CCCC1. The maximum atomic E-state index is 12.5. The van der Waals surface area contributed by atoms with E-state index < -0.39 is 36.1 Å². The first-order valence-electron chi connectivity index (χ1n) is 10.2. The minimum Gasteiger partial charge on any atom is -0.451 e. The van der Waals surface area contributed by atoms with E-state index in [0.29, 0.717) is 5.69 Å². The number of benzene rings is 1. The molecule has 1 aromatic carbocycles. The number of amides is 5. The van der Waals surface area contributed by atoms with Crippen molar-refractivity contribution in [2.75, 3.05) is 5.32 Å². The molecule has 1 aliphatic rings. The van der Waals surface area contributed by atoms with E-state index in [1.165, 1.54) is 6.92 Å². The molecule has 9 heteroatoms. The number of rotatable bonds is 7. The van der Waals surface area contributed by atoms with Crippen molar-refractivity contribution in [1.82, 2.24) is 16.0 Å². The molecule has 5 amide bonds. The fraction of sp³-hybridized carbons (Fsp3) is 0.524. The summed E-state index contributed by atoms with van der Waals surface area (Å²) in [6.07, 6.45) is 2.69. The molecule has 1 aromatic rings. The topological polar surface area (TPSA) is 126 Å². The van der Waals surface area contributed by atoms with E-state index >= 15 is 0 Å². The van der Waals surface area contributed by atoms with Crippen molar-refractivity contribution in [2.45, 2.75) is 64.6 Å². The second-order valence-corrected chi connectivity index (χ2v) is 7.71. The number of nitrogens with one attached hydrogen (secondary N) is 4. The van der Waals surface area contributed by atoms with Gasteiger partial charge in [-0.1, -0.05) is 44.9 Å². The lowest BCUT2D eigenvalue weighted by molar-refractivity contribution is -0.157. The van der Waals surface area contributed by atoms with Crippen molar-refractivity contribution in [3.63, 3.8) is 0 Å². The molecule has 0 spiro atoms. The number of imide groups is 1. The third-order valence-electron chi connectivity index (χ3n) is 4.83. The van der Waals surface area contributed by atoms with Crippen LogP contribution in [0.2, 0.25) is 0 Å². The van der Waals surface area contributed by atoms with Crippen LogP contribution in [-0.2, 0) is 14.3 Å². The Morgan fingerprint density at radius 2 is 1.60 bits per heavy atom. The van der Waals surface area contributed by atoms with Gasteiger partial charge in [0.2, 0.25) is 0 Å². The number of esters is 1. The molecule has 9 nitrogen and oxygen atoms in total. The highest BCUT2D eigenvalue weighted by atomic mass is 16.5. The Labute approximate surface area is 176 Å². The molecule has 2 atom stereocenters. The Balaban J connectivity index is 1.84. The zero-order valence-electron chi connectivity index (χ0n) is 17.6. The van der Waals surface area contributed by atoms with Gasteiger partial charge in [0.15, 0.2) is 6.10 Å². The largest absolute Gasteiger partial charge is 0.451 e. The smallest absolute Gasteiger partial charge is 0.329 e. The predicted octanol–water partition coefficient (Wildman–Crippen LogP) is 2.53. The van der Waals surface area contributed by atoms with E-state index in [1.807, 2.05) is 6.07 Å². The van der Waals surface area contributed by atoms with Gasteiger partial charge < -0.3 is 20.7 Å². The van der Waals surface area contributed by atoms with Gasteiger partial charge in [0.25, 0.3) is 5.91 Å². The van der Waals surface area contributed by atoms with Gasteiger partial charge in [-0.3, -0.25) is 10.1 Å². The van der Waals surface area contributed by atoms with E-state index in [9.17, 15) is 19.2 Å². The van der Waals surface area contributed by atoms with Crippen molar-refractivity contribution >= 4 is 29.6 Å². The summed E-state index contributed by atoms with van der Waals surface area (Å²) in [4.78, 5) is 48.8. The molecule has 164 valence electrons. The van der Waals surface area contributed by atoms with Crippen LogP contribution in [0.4, 0.5) is 15.3 Å². The number of urea groups is 2. The Hall–Kier alpha value is -3.10. The maximum absolute atomic E-state index is 12.5. The lowest BCUT2D eigenvalue weighted by Crippen LogP contribution is -2.50. The molecule has 0 aromatic heterocycles. The zero-order chi connectivity index (χ0) is 22.1. The summed E-state index contributed by atoms with van der Waals surface area (Å²) in [7, 11) is 0. The first kappa shape index (κ1) is 23.2. The summed E-state index contributed by atoms with van der Waals surface area (Å²) in [5.41, 5.74) is 0.576. The van der Waals surface area contributed by atoms with E-state index in [-0.39, 0.29) is 12.0 Å². The van der Waals surface area contributed by atoms with Gasteiger partial charge >= 0.3 is 18.0 Å². The minimum absolute atomic E-state index is 0.0632. The zero-order valence-corrected chi connectivity index (χ0v) is 17.6. The minimum atomic E-state index is -1.19. The summed E-state index contributed by atoms with van der Waals surface area (Å²) in [6, 6.07) is 6.72. The molecule has 0 aliphatic heterocycles. The van der Waals surface area contributed by atoms with Gasteiger partial charge in [-0.25, -0.2) is 14.4 Å². The number of carbonyl (C=O) groups excluding carboxylic acids is 4. The first-order valence-corrected chi connectivity index (χ1v) is 10.2. The van der Waals surface area contributed by atoms with E-state index in [1.54, 1.807) is 38.1 Å². The quantitative estimate of drug-likeness (QED) is 0.506. The average molecular weight is 418 g/mol. The number of carbonyl (C=O) groups is 4. The number of anilines is 1. The van der Waals surface area contributed by atoms with Crippen LogP contribution in [0.1, 0.15) is 46.5 Å². The van der Waals surface area contributed by atoms with Crippen LogP contribution in [0.5, 0.6) is 0 Å². The monoisotopic (exact) mass is 418 g/mol. The molecule has 30 heavy (non-hydrogen) atoms. The lowest BCUT2D eigenvalue weighted by atomic mass is 10.0. The van der Waals surface area contributed by atoms with Gasteiger partial charge in [-0.05, 0) is 37.8 Å². The van der Waals surface area contributed by atoms with E-state index in [4.69, 9.17) is 4.74 Å². The summed E-state index contributed by atoms with van der Waals surface area (Å²) < 4.78 is 5.18. The number of ether oxygens (including phenoxy) is 1. The highest BCUT2D eigenvalue weighted by Gasteiger charge is 2.29. The molecular formula is C21H30N4O5. The highest BCUT2D eigenvalue weighted by Crippen LogP contribution is 2.17. The number of hydrogen-bond acceptors (Lipinski definition) is 5. The third-order valence-corrected chi connectivity index (χ3v) is 4.83. The van der Waals surface area contributed by atoms with Crippen LogP contribution in [-0.4, -0.2) is 42.1 Å². The van der Waals surface area contributed by atoms with Gasteiger partial charge in [0, 0.05) is 11.7 Å². The van der Waals surface area contributed by atoms with Crippen LogP contribution >= 0.6 is 0 Å². The van der Waals surface area contributed by atoms with Crippen LogP contribution < -0.4 is 21.3 Å². The van der Waals surface area contributed by atoms with E-state index in [0.717, 1.165) is 25.7 Å². The summed E-state index contributed by atoms with van der Waals surface area (Å²) in [6.45, 7) is 4.86. The Kier molecular flexibility index (Phi) is 8.64. The van der Waals surface area contributed by atoms with Crippen LogP contribution in [0, 0.1) is 5.92 Å². The number of para-hydroxylation sites is 1. The molecule has 1 fully saturated rings. The fourth-order valence-corrected chi connectivity index (χ4v) is 3.13. The molecule has 1 aliphatic carbocycles. The molecule has 0 unspecified atom stereocenters. The molecule has 0 bridgehead atoms. The normalized spacial score (nSPS) is 15.7. The standard InChI is InChI=1S/C21H30N4O5/c1-13(2)17(24-20(28)22-15-9-5-4-6-10-15)19(27)30-14(3)18(26)25-21(29)23-16-11-7-8-12-16/h4-6,9-10,13-14,16-17H,7-8,11-12H2,1-3H3,(H2,22,24,28)(H2,23,25,26,29)/t14-,17+/m0/s1. The van der Waals surface area contributed by atoms with E-state index in [2.05, 4.69) is 21.3 Å². The molecule has 0 radical (unpaired) electrons. The van der Waals surface area contributed by atoms with Gasteiger partial charge in [-0.2, -0.15) is 0 Å². The number of hydrogen-bond donors (Lipinski definition) is 4.